The van der Waals surface area contributed by atoms with Gasteiger partial charge in [-0.1, -0.05) is 13.0 Å². The van der Waals surface area contributed by atoms with E-state index in [-0.39, 0.29) is 5.03 Å². The van der Waals surface area contributed by atoms with E-state index < -0.39 is 19.9 Å². The van der Waals surface area contributed by atoms with E-state index in [1.54, 1.807) is 6.07 Å². The highest BCUT2D eigenvalue weighted by atomic mass is 35.7. The number of pyridine rings is 1. The first kappa shape index (κ1) is 15.3. The maximum atomic E-state index is 10.7. The highest BCUT2D eigenvalue weighted by Gasteiger charge is 2.10. The lowest BCUT2D eigenvalue weighted by Crippen LogP contribution is -1.94. The molecule has 0 aromatic carbocycles. The van der Waals surface area contributed by atoms with E-state index in [0.29, 0.717) is 0 Å². The van der Waals surface area contributed by atoms with E-state index in [2.05, 4.69) is 10.1 Å². The van der Waals surface area contributed by atoms with Crippen LogP contribution in [0.15, 0.2) is 23.4 Å². The second-order valence-corrected chi connectivity index (χ2v) is 5.66. The van der Waals surface area contributed by atoms with Crippen LogP contribution in [0.5, 0.6) is 0 Å². The molecule has 0 spiro atoms. The van der Waals surface area contributed by atoms with E-state index in [1.165, 1.54) is 12.3 Å². The van der Waals surface area contributed by atoms with Crippen LogP contribution in [-0.2, 0) is 26.4 Å². The molecule has 0 saturated carbocycles. The van der Waals surface area contributed by atoms with Gasteiger partial charge in [0.2, 0.25) is 0 Å². The molecule has 2 N–H and O–H groups in total. The summed E-state index contributed by atoms with van der Waals surface area (Å²) in [4.78, 5) is 3.70. The summed E-state index contributed by atoms with van der Waals surface area (Å²) in [6.45, 7) is 1.96. The van der Waals surface area contributed by atoms with Crippen LogP contribution in [0.3, 0.4) is 0 Å². The highest BCUT2D eigenvalue weighted by Crippen LogP contribution is 2.11. The Hall–Kier alpha value is -0.700. The number of rotatable bonds is 2. The number of thiol groups is 1. The maximum Gasteiger partial charge on any atom is 0.278 e. The fraction of sp³-hybridized carbons (Fsp3) is 0.286. The highest BCUT2D eigenvalue weighted by molar-refractivity contribution is 8.13. The SMILES string of the molecule is CCc1ccc(S(=O)(=O)Cl)nc1.N[SH](=O)=O. The van der Waals surface area contributed by atoms with E-state index in [9.17, 15) is 8.42 Å². The van der Waals surface area contributed by atoms with Gasteiger partial charge in [0.15, 0.2) is 15.9 Å². The molecule has 1 heterocycles. The summed E-state index contributed by atoms with van der Waals surface area (Å²) in [6, 6.07) is 3.10. The van der Waals surface area contributed by atoms with E-state index in [0.717, 1.165) is 12.0 Å². The van der Waals surface area contributed by atoms with E-state index in [1.807, 2.05) is 6.92 Å². The van der Waals surface area contributed by atoms with Gasteiger partial charge in [0, 0.05) is 16.9 Å². The molecule has 0 aliphatic carbocycles. The molecule has 92 valence electrons. The third kappa shape index (κ3) is 6.72. The van der Waals surface area contributed by atoms with Crippen molar-refractivity contribution in [2.45, 2.75) is 18.4 Å². The average molecular weight is 287 g/mol. The summed E-state index contributed by atoms with van der Waals surface area (Å²) in [5.74, 6) is 0. The molecule has 9 heteroatoms. The Morgan fingerprint density at radius 2 is 1.94 bits per heavy atom. The van der Waals surface area contributed by atoms with Crippen molar-refractivity contribution in [2.24, 2.45) is 5.14 Å². The normalized spacial score (nSPS) is 10.8. The Balaban J connectivity index is 0.000000487. The molecule has 0 saturated heterocycles. The Morgan fingerprint density at radius 1 is 1.44 bits per heavy atom. The summed E-state index contributed by atoms with van der Waals surface area (Å²) in [6.07, 6.45) is 2.34. The van der Waals surface area contributed by atoms with Crippen molar-refractivity contribution >= 4 is 30.6 Å². The summed E-state index contributed by atoms with van der Waals surface area (Å²) in [7, 11) is -1.22. The van der Waals surface area contributed by atoms with Gasteiger partial charge in [-0.25, -0.2) is 27.0 Å². The van der Waals surface area contributed by atoms with Gasteiger partial charge < -0.3 is 0 Å². The van der Waals surface area contributed by atoms with Gasteiger partial charge in [0.1, 0.15) is 0 Å². The number of nitrogens with two attached hydrogens (primary N) is 1. The van der Waals surface area contributed by atoms with Crippen molar-refractivity contribution in [3.63, 3.8) is 0 Å². The number of hydrogen-bond acceptors (Lipinski definition) is 5. The molecule has 0 atom stereocenters. The molecule has 0 fully saturated rings. The first-order valence-electron chi connectivity index (χ1n) is 4.06. The van der Waals surface area contributed by atoms with Crippen LogP contribution in [0, 0.1) is 0 Å². The summed E-state index contributed by atoms with van der Waals surface area (Å²) in [5.41, 5.74) is 0.985. The van der Waals surface area contributed by atoms with Crippen molar-refractivity contribution in [3.8, 4) is 0 Å². The number of aryl methyl sites for hydroxylation is 1. The number of halogens is 1. The summed E-state index contributed by atoms with van der Waals surface area (Å²) >= 11 is 0. The minimum absolute atomic E-state index is 0.0960. The van der Waals surface area contributed by atoms with Crippen molar-refractivity contribution in [2.75, 3.05) is 0 Å². The van der Waals surface area contributed by atoms with Crippen LogP contribution in [0.25, 0.3) is 0 Å². The van der Waals surface area contributed by atoms with Crippen LogP contribution in [0.4, 0.5) is 0 Å². The number of nitrogens with zero attached hydrogens (tertiary/aromatic N) is 1. The molecule has 0 unspecified atom stereocenters. The third-order valence-electron chi connectivity index (χ3n) is 1.46. The molecule has 1 aromatic heterocycles. The topological polar surface area (TPSA) is 107 Å². The second kappa shape index (κ2) is 6.79. The van der Waals surface area contributed by atoms with Crippen LogP contribution in [0.1, 0.15) is 12.5 Å². The standard InChI is InChI=1S/C7H8ClNO2S.H3NO2S/c1-2-6-3-4-7(9-5-6)12(8,10)11;1-4(2)3/h3-5H,2H2,1H3;4H,(H2,1,2,3). The molecular formula is C7H11ClN2O4S2. The zero-order chi connectivity index (χ0) is 12.8. The lowest BCUT2D eigenvalue weighted by atomic mass is 10.2. The Kier molecular flexibility index (Phi) is 6.49. The first-order chi connectivity index (χ1) is 7.27. The number of aromatic nitrogens is 1. The fourth-order valence-electron chi connectivity index (χ4n) is 0.764. The van der Waals surface area contributed by atoms with E-state index >= 15 is 0 Å². The molecule has 0 amide bonds. The van der Waals surface area contributed by atoms with Crippen LogP contribution >= 0.6 is 10.7 Å². The van der Waals surface area contributed by atoms with Gasteiger partial charge in [0.25, 0.3) is 9.05 Å². The molecule has 0 radical (unpaired) electrons. The summed E-state index contributed by atoms with van der Waals surface area (Å²) < 4.78 is 39.1. The third-order valence-corrected chi connectivity index (χ3v) is 2.67. The van der Waals surface area contributed by atoms with Crippen LogP contribution < -0.4 is 5.14 Å². The van der Waals surface area contributed by atoms with Crippen molar-refractivity contribution in [3.05, 3.63) is 23.9 Å². The monoisotopic (exact) mass is 286 g/mol. The predicted octanol–water partition coefficient (Wildman–Crippen LogP) is 0.0430. The van der Waals surface area contributed by atoms with Crippen LogP contribution in [0.2, 0.25) is 0 Å². The summed E-state index contributed by atoms with van der Waals surface area (Å²) in [5, 5.41) is 3.97. The second-order valence-electron chi connectivity index (χ2n) is 2.58. The van der Waals surface area contributed by atoms with Crippen LogP contribution in [-0.4, -0.2) is 21.8 Å². The maximum absolute atomic E-state index is 10.7. The molecular weight excluding hydrogens is 276 g/mol. The molecule has 0 aliphatic rings. The number of hydrogen-bond donors (Lipinski definition) is 2. The fourth-order valence-corrected chi connectivity index (χ4v) is 1.45. The predicted molar refractivity (Wildman–Crippen MR) is 61.2 cm³/mol. The quantitative estimate of drug-likeness (QED) is 0.590. The van der Waals surface area contributed by atoms with Gasteiger partial charge in [-0.05, 0) is 18.1 Å². The lowest BCUT2D eigenvalue weighted by Gasteiger charge is -1.96. The zero-order valence-electron chi connectivity index (χ0n) is 8.33. The largest absolute Gasteiger partial charge is 0.278 e. The minimum atomic E-state index is -3.67. The van der Waals surface area contributed by atoms with Gasteiger partial charge in [-0.2, -0.15) is 0 Å². The molecule has 6 nitrogen and oxygen atoms in total. The molecule has 0 aliphatic heterocycles. The Morgan fingerprint density at radius 3 is 2.19 bits per heavy atom. The Labute approximate surface area is 100.0 Å². The molecule has 16 heavy (non-hydrogen) atoms. The zero-order valence-corrected chi connectivity index (χ0v) is 10.8. The van der Waals surface area contributed by atoms with Gasteiger partial charge in [-0.3, -0.25) is 0 Å². The van der Waals surface area contributed by atoms with Gasteiger partial charge in [0.05, 0.1) is 0 Å². The van der Waals surface area contributed by atoms with Gasteiger partial charge >= 0.3 is 0 Å². The van der Waals surface area contributed by atoms with Crippen molar-refractivity contribution in [1.29, 1.82) is 0 Å². The minimum Gasteiger partial charge on any atom is -0.243 e. The lowest BCUT2D eigenvalue weighted by molar-refractivity contribution is 0.606. The van der Waals surface area contributed by atoms with Gasteiger partial charge in [-0.15, -0.1) is 0 Å². The molecule has 0 bridgehead atoms. The smallest absolute Gasteiger partial charge is 0.243 e. The average Bonchev–Trinajstić information content (AvgIpc) is 2.16. The van der Waals surface area contributed by atoms with Crippen molar-refractivity contribution < 1.29 is 16.8 Å². The van der Waals surface area contributed by atoms with Crippen molar-refractivity contribution in [1.82, 2.24) is 4.98 Å². The first-order valence-corrected chi connectivity index (χ1v) is 7.61. The molecule has 1 aromatic rings. The van der Waals surface area contributed by atoms with E-state index in [4.69, 9.17) is 19.1 Å². The molecule has 1 rings (SSSR count). The Bertz CT molecular complexity index is 488.